The van der Waals surface area contributed by atoms with Gasteiger partial charge in [-0.05, 0) is 32.8 Å². The number of piperidine rings is 1. The number of carbonyl (C=O) groups is 2. The van der Waals surface area contributed by atoms with Gasteiger partial charge < -0.3 is 20.3 Å². The monoisotopic (exact) mass is 359 g/mol. The maximum atomic E-state index is 12.6. The quantitative estimate of drug-likeness (QED) is 0.851. The molecule has 3 rings (SSSR count). The van der Waals surface area contributed by atoms with Gasteiger partial charge in [-0.2, -0.15) is 0 Å². The number of rotatable bonds is 2. The summed E-state index contributed by atoms with van der Waals surface area (Å²) in [5.74, 6) is 0.157. The Hall–Kier alpha value is -2.08. The van der Waals surface area contributed by atoms with Crippen LogP contribution in [0.4, 0.5) is 4.79 Å². The second-order valence-electron chi connectivity index (χ2n) is 8.40. The third-order valence-electron chi connectivity index (χ3n) is 5.17. The Bertz CT molecular complexity index is 671. The fourth-order valence-electron chi connectivity index (χ4n) is 4.23. The van der Waals surface area contributed by atoms with Crippen molar-refractivity contribution in [3.63, 3.8) is 0 Å². The molecular formula is C20H29N3O3. The number of nitrogens with zero attached hydrogens (tertiary/aromatic N) is 1. The first-order chi connectivity index (χ1) is 12.2. The second-order valence-corrected chi connectivity index (χ2v) is 8.40. The molecule has 0 bridgehead atoms. The zero-order chi connectivity index (χ0) is 18.9. The van der Waals surface area contributed by atoms with E-state index in [4.69, 9.17) is 4.74 Å². The smallest absolute Gasteiger partial charge is 0.410 e. The van der Waals surface area contributed by atoms with Gasteiger partial charge in [0, 0.05) is 38.5 Å². The van der Waals surface area contributed by atoms with Crippen molar-refractivity contribution in [3.05, 3.63) is 35.9 Å². The predicted octanol–water partition coefficient (Wildman–Crippen LogP) is 2.46. The second kappa shape index (κ2) is 6.91. The molecule has 1 aromatic carbocycles. The van der Waals surface area contributed by atoms with Crippen molar-refractivity contribution in [2.75, 3.05) is 19.6 Å². The van der Waals surface area contributed by atoms with Gasteiger partial charge >= 0.3 is 6.09 Å². The zero-order valence-corrected chi connectivity index (χ0v) is 16.0. The number of likely N-dealkylation sites (tertiary alicyclic amines) is 1. The molecule has 3 atom stereocenters. The van der Waals surface area contributed by atoms with E-state index in [9.17, 15) is 9.59 Å². The Balaban J connectivity index is 1.83. The van der Waals surface area contributed by atoms with Crippen LogP contribution in [0.1, 0.15) is 45.7 Å². The molecule has 2 aliphatic rings. The van der Waals surface area contributed by atoms with Gasteiger partial charge in [-0.3, -0.25) is 4.79 Å². The summed E-state index contributed by atoms with van der Waals surface area (Å²) < 4.78 is 5.54. The van der Waals surface area contributed by atoms with E-state index in [1.165, 1.54) is 12.5 Å². The van der Waals surface area contributed by atoms with Crippen molar-refractivity contribution in [2.45, 2.75) is 51.3 Å². The zero-order valence-electron chi connectivity index (χ0n) is 16.0. The molecule has 6 heteroatoms. The molecule has 0 saturated carbocycles. The fraction of sp³-hybridized carbons (Fsp3) is 0.600. The minimum absolute atomic E-state index is 0.0726. The summed E-state index contributed by atoms with van der Waals surface area (Å²) in [5.41, 5.74) is 0.215. The molecule has 2 saturated heterocycles. The number of hydrogen-bond acceptors (Lipinski definition) is 4. The lowest BCUT2D eigenvalue weighted by molar-refractivity contribution is -0.122. The van der Waals surface area contributed by atoms with Crippen LogP contribution in [0.2, 0.25) is 0 Å². The highest BCUT2D eigenvalue weighted by Gasteiger charge is 2.53. The van der Waals surface area contributed by atoms with E-state index in [2.05, 4.69) is 22.8 Å². The first kappa shape index (κ1) is 18.7. The number of nitrogens with one attached hydrogen (secondary N) is 2. The number of fused-ring (bicyclic) bond motifs is 1. The van der Waals surface area contributed by atoms with Gasteiger partial charge in [0.05, 0.1) is 5.54 Å². The minimum atomic E-state index is -0.532. The molecule has 1 aromatic rings. The molecule has 142 valence electrons. The van der Waals surface area contributed by atoms with Crippen molar-refractivity contribution < 1.29 is 14.3 Å². The van der Waals surface area contributed by atoms with Crippen LogP contribution in [0.25, 0.3) is 0 Å². The average Bonchev–Trinajstić information content (AvgIpc) is 2.91. The van der Waals surface area contributed by atoms with Crippen LogP contribution in [0.5, 0.6) is 0 Å². The van der Waals surface area contributed by atoms with Crippen LogP contribution >= 0.6 is 0 Å². The van der Waals surface area contributed by atoms with Gasteiger partial charge in [-0.25, -0.2) is 4.79 Å². The molecule has 0 aliphatic carbocycles. The lowest BCUT2D eigenvalue weighted by Crippen LogP contribution is -2.64. The maximum Gasteiger partial charge on any atom is 0.410 e. The number of hydrogen-bond donors (Lipinski definition) is 2. The first-order valence-electron chi connectivity index (χ1n) is 9.25. The summed E-state index contributed by atoms with van der Waals surface area (Å²) in [6.07, 6.45) is 0.496. The van der Waals surface area contributed by atoms with Gasteiger partial charge in [-0.15, -0.1) is 0 Å². The highest BCUT2D eigenvalue weighted by Crippen LogP contribution is 2.42. The maximum absolute atomic E-state index is 12.6. The van der Waals surface area contributed by atoms with Gasteiger partial charge in [0.25, 0.3) is 0 Å². The highest BCUT2D eigenvalue weighted by molar-refractivity contribution is 5.75. The van der Waals surface area contributed by atoms with Gasteiger partial charge in [-0.1, -0.05) is 30.3 Å². The molecule has 0 unspecified atom stereocenters. The van der Waals surface area contributed by atoms with Gasteiger partial charge in [0.15, 0.2) is 0 Å². The Morgan fingerprint density at radius 3 is 2.58 bits per heavy atom. The normalized spacial score (nSPS) is 28.4. The van der Waals surface area contributed by atoms with E-state index in [1.54, 1.807) is 4.90 Å². The minimum Gasteiger partial charge on any atom is -0.444 e. The molecule has 2 amide bonds. The average molecular weight is 359 g/mol. The van der Waals surface area contributed by atoms with Crippen LogP contribution < -0.4 is 10.6 Å². The molecule has 26 heavy (non-hydrogen) atoms. The fourth-order valence-corrected chi connectivity index (χ4v) is 4.23. The SMILES string of the molecule is CC(=O)N[C@]12CN[C@H](c3ccccc3)[C@H]1CCN(C(=O)OC(C)(C)C)C2. The van der Waals surface area contributed by atoms with E-state index < -0.39 is 11.1 Å². The van der Waals surface area contributed by atoms with Gasteiger partial charge in [0.1, 0.15) is 5.60 Å². The van der Waals surface area contributed by atoms with Crippen LogP contribution in [-0.4, -0.2) is 47.7 Å². The van der Waals surface area contributed by atoms with Crippen molar-refractivity contribution in [1.29, 1.82) is 0 Å². The summed E-state index contributed by atoms with van der Waals surface area (Å²) in [4.78, 5) is 26.2. The highest BCUT2D eigenvalue weighted by atomic mass is 16.6. The van der Waals surface area contributed by atoms with Crippen LogP contribution in [0.15, 0.2) is 30.3 Å². The summed E-state index contributed by atoms with van der Waals surface area (Å²) in [7, 11) is 0. The topological polar surface area (TPSA) is 70.7 Å². The molecule has 2 fully saturated rings. The standard InChI is InChI=1S/C20H29N3O3/c1-14(24)22-20-12-21-17(15-8-6-5-7-9-15)16(20)10-11-23(13-20)18(25)26-19(2,3)4/h5-9,16-17,21H,10-13H2,1-4H3,(H,22,24)/t16-,17-,20+/m1/s1. The number of carbonyl (C=O) groups excluding carboxylic acids is 2. The van der Waals surface area contributed by atoms with E-state index in [1.807, 2.05) is 39.0 Å². The molecule has 2 aliphatic heterocycles. The summed E-state index contributed by atoms with van der Waals surface area (Å²) in [6.45, 7) is 8.86. The Morgan fingerprint density at radius 2 is 1.96 bits per heavy atom. The van der Waals surface area contributed by atoms with Gasteiger partial charge in [0.2, 0.25) is 5.91 Å². The van der Waals surface area contributed by atoms with E-state index in [0.29, 0.717) is 19.6 Å². The number of ether oxygens (including phenoxy) is 1. The molecule has 0 aromatic heterocycles. The van der Waals surface area contributed by atoms with Crippen LogP contribution in [-0.2, 0) is 9.53 Å². The van der Waals surface area contributed by atoms with Crippen molar-refractivity contribution in [2.24, 2.45) is 5.92 Å². The predicted molar refractivity (Wildman–Crippen MR) is 99.6 cm³/mol. The van der Waals surface area contributed by atoms with Crippen molar-refractivity contribution in [1.82, 2.24) is 15.5 Å². The molecule has 6 nitrogen and oxygen atoms in total. The van der Waals surface area contributed by atoms with E-state index >= 15 is 0 Å². The Labute approximate surface area is 155 Å². The Kier molecular flexibility index (Phi) is 4.97. The largest absolute Gasteiger partial charge is 0.444 e. The summed E-state index contributed by atoms with van der Waals surface area (Å²) in [6, 6.07) is 10.5. The number of amides is 2. The third kappa shape index (κ3) is 3.85. The molecule has 0 spiro atoms. The molecule has 2 N–H and O–H groups in total. The number of benzene rings is 1. The van der Waals surface area contributed by atoms with Crippen molar-refractivity contribution >= 4 is 12.0 Å². The lowest BCUT2D eigenvalue weighted by Gasteiger charge is -2.45. The van der Waals surface area contributed by atoms with Crippen LogP contribution in [0, 0.1) is 5.92 Å². The molecular weight excluding hydrogens is 330 g/mol. The Morgan fingerprint density at radius 1 is 1.27 bits per heavy atom. The van der Waals surface area contributed by atoms with E-state index in [0.717, 1.165) is 6.42 Å². The van der Waals surface area contributed by atoms with Crippen molar-refractivity contribution in [3.8, 4) is 0 Å². The third-order valence-corrected chi connectivity index (χ3v) is 5.17. The van der Waals surface area contributed by atoms with Crippen LogP contribution in [0.3, 0.4) is 0 Å². The summed E-state index contributed by atoms with van der Waals surface area (Å²) in [5, 5.41) is 6.73. The lowest BCUT2D eigenvalue weighted by atomic mass is 9.76. The first-order valence-corrected chi connectivity index (χ1v) is 9.25. The molecule has 2 heterocycles. The summed E-state index contributed by atoms with van der Waals surface area (Å²) >= 11 is 0. The van der Waals surface area contributed by atoms with E-state index in [-0.39, 0.29) is 24.0 Å². The molecule has 0 radical (unpaired) electrons.